The highest BCUT2D eigenvalue weighted by Crippen LogP contribution is 2.27. The maximum atomic E-state index is 13.4. The molecule has 0 unspecified atom stereocenters. The molecule has 0 aliphatic rings. The number of aliphatic imine (C=N–C) groups is 1. The SMILES string of the molecule is C=C(/N=C(/Cc1ccc(C(C)(F)F)cc1)ON)C(=O)NCC/C(=C/CCC)c1cc(Cl)ccc1C. The maximum absolute atomic E-state index is 13.4. The van der Waals surface area contributed by atoms with Crippen molar-refractivity contribution < 1.29 is 18.4 Å². The number of carbonyl (C=O) groups is 1. The number of allylic oxidation sites excluding steroid dienone is 1. The van der Waals surface area contributed by atoms with Gasteiger partial charge in [-0.05, 0) is 54.2 Å². The summed E-state index contributed by atoms with van der Waals surface area (Å²) in [6, 6.07) is 11.5. The summed E-state index contributed by atoms with van der Waals surface area (Å²) >= 11 is 6.19. The van der Waals surface area contributed by atoms with E-state index in [-0.39, 0.29) is 23.6 Å². The average Bonchev–Trinajstić information content (AvgIpc) is 2.82. The molecule has 0 aromatic heterocycles. The van der Waals surface area contributed by atoms with Gasteiger partial charge in [-0.25, -0.2) is 13.8 Å². The van der Waals surface area contributed by atoms with E-state index in [1.807, 2.05) is 25.1 Å². The van der Waals surface area contributed by atoms with Crippen molar-refractivity contribution in [3.8, 4) is 0 Å². The summed E-state index contributed by atoms with van der Waals surface area (Å²) in [6.45, 7) is 9.03. The van der Waals surface area contributed by atoms with Gasteiger partial charge in [-0.2, -0.15) is 5.90 Å². The Bertz CT molecular complexity index is 1090. The second-order valence-corrected chi connectivity index (χ2v) is 8.75. The Labute approximate surface area is 210 Å². The molecule has 0 radical (unpaired) electrons. The molecule has 35 heavy (non-hydrogen) atoms. The van der Waals surface area contributed by atoms with E-state index in [4.69, 9.17) is 22.3 Å². The van der Waals surface area contributed by atoms with E-state index in [1.165, 1.54) is 24.3 Å². The summed E-state index contributed by atoms with van der Waals surface area (Å²) in [5.41, 5.74) is 3.75. The van der Waals surface area contributed by atoms with Gasteiger partial charge in [0.2, 0.25) is 5.90 Å². The zero-order valence-corrected chi connectivity index (χ0v) is 21.1. The number of nitrogens with one attached hydrogen (secondary N) is 1. The number of halogens is 3. The number of alkyl halides is 2. The van der Waals surface area contributed by atoms with Gasteiger partial charge >= 0.3 is 0 Å². The summed E-state index contributed by atoms with van der Waals surface area (Å²) in [7, 11) is 0. The predicted octanol–water partition coefficient (Wildman–Crippen LogP) is 6.50. The van der Waals surface area contributed by atoms with Crippen LogP contribution in [0.15, 0.2) is 65.8 Å². The first-order chi connectivity index (χ1) is 16.5. The lowest BCUT2D eigenvalue weighted by Crippen LogP contribution is -2.26. The highest BCUT2D eigenvalue weighted by atomic mass is 35.5. The van der Waals surface area contributed by atoms with Crippen molar-refractivity contribution >= 4 is 29.0 Å². The molecule has 0 aliphatic heterocycles. The zero-order valence-electron chi connectivity index (χ0n) is 20.3. The van der Waals surface area contributed by atoms with E-state index in [0.717, 1.165) is 36.5 Å². The molecule has 2 aromatic rings. The third-order valence-corrected chi connectivity index (χ3v) is 5.61. The van der Waals surface area contributed by atoms with Gasteiger partial charge in [0.1, 0.15) is 5.70 Å². The zero-order chi connectivity index (χ0) is 26.0. The summed E-state index contributed by atoms with van der Waals surface area (Å²) in [6.07, 6.45) is 4.82. The smallest absolute Gasteiger partial charge is 0.270 e. The maximum Gasteiger partial charge on any atom is 0.270 e. The van der Waals surface area contributed by atoms with E-state index in [0.29, 0.717) is 23.6 Å². The summed E-state index contributed by atoms with van der Waals surface area (Å²) in [5, 5.41) is 3.47. The van der Waals surface area contributed by atoms with Gasteiger partial charge in [0, 0.05) is 24.1 Å². The van der Waals surface area contributed by atoms with E-state index in [9.17, 15) is 13.6 Å². The third-order valence-electron chi connectivity index (χ3n) is 5.38. The van der Waals surface area contributed by atoms with Crippen LogP contribution in [0.2, 0.25) is 5.02 Å². The predicted molar refractivity (Wildman–Crippen MR) is 138 cm³/mol. The molecule has 0 heterocycles. The molecule has 0 fully saturated rings. The van der Waals surface area contributed by atoms with E-state index < -0.39 is 11.8 Å². The fourth-order valence-electron chi connectivity index (χ4n) is 3.42. The third kappa shape index (κ3) is 8.92. The Kier molecular flexibility index (Phi) is 10.6. The lowest BCUT2D eigenvalue weighted by molar-refractivity contribution is -0.117. The Morgan fingerprint density at radius 1 is 1.26 bits per heavy atom. The van der Waals surface area contributed by atoms with Crippen LogP contribution in [0.1, 0.15) is 55.4 Å². The number of hydrogen-bond acceptors (Lipinski definition) is 4. The summed E-state index contributed by atoms with van der Waals surface area (Å²) in [4.78, 5) is 21.4. The minimum Gasteiger partial charge on any atom is -0.395 e. The number of amides is 1. The van der Waals surface area contributed by atoms with Crippen LogP contribution in [0, 0.1) is 6.92 Å². The lowest BCUT2D eigenvalue weighted by Gasteiger charge is -2.13. The second-order valence-electron chi connectivity index (χ2n) is 8.32. The van der Waals surface area contributed by atoms with Crippen LogP contribution in [-0.2, 0) is 22.0 Å². The number of nitrogens with two attached hydrogens (primary N) is 1. The molecule has 0 saturated heterocycles. The largest absolute Gasteiger partial charge is 0.395 e. The van der Waals surface area contributed by atoms with Gasteiger partial charge in [0.25, 0.3) is 11.8 Å². The molecule has 0 spiro atoms. The molecule has 2 rings (SSSR count). The molecule has 188 valence electrons. The molecule has 5 nitrogen and oxygen atoms in total. The number of carbonyl (C=O) groups excluding carboxylic acids is 1. The first-order valence-electron chi connectivity index (χ1n) is 11.4. The van der Waals surface area contributed by atoms with Gasteiger partial charge in [0.05, 0.1) is 6.42 Å². The number of nitrogens with zero attached hydrogens (tertiary/aromatic N) is 1. The van der Waals surface area contributed by atoms with Gasteiger partial charge < -0.3 is 10.2 Å². The van der Waals surface area contributed by atoms with Crippen molar-refractivity contribution in [2.24, 2.45) is 10.9 Å². The van der Waals surface area contributed by atoms with Crippen LogP contribution in [0.5, 0.6) is 0 Å². The van der Waals surface area contributed by atoms with Crippen LogP contribution in [0.25, 0.3) is 5.57 Å². The highest BCUT2D eigenvalue weighted by molar-refractivity contribution is 6.30. The van der Waals surface area contributed by atoms with Crippen molar-refractivity contribution in [3.63, 3.8) is 0 Å². The minimum atomic E-state index is -2.93. The van der Waals surface area contributed by atoms with Crippen molar-refractivity contribution in [1.82, 2.24) is 5.32 Å². The molecular weight excluding hydrogens is 472 g/mol. The first-order valence-corrected chi connectivity index (χ1v) is 11.8. The standard InChI is InChI=1S/C27H32ClF2N3O2/c1-5-6-7-21(24-17-23(28)13-8-18(24)2)14-15-32-26(34)19(3)33-25(35-31)16-20-9-11-22(12-10-20)27(4,29)30/h7-13,17H,3,5-6,14-16,31H2,1-2,4H3,(H,32,34)/b21-7-,33-25-. The number of unbranched alkanes of at least 4 members (excludes halogenated alkanes) is 1. The fraction of sp³-hybridized carbons (Fsp3) is 0.333. The molecule has 8 heteroatoms. The van der Waals surface area contributed by atoms with Crippen LogP contribution in [0.4, 0.5) is 8.78 Å². The van der Waals surface area contributed by atoms with Gasteiger partial charge in [-0.3, -0.25) is 4.79 Å². The fourth-order valence-corrected chi connectivity index (χ4v) is 3.59. The van der Waals surface area contributed by atoms with E-state index in [2.05, 4.69) is 29.9 Å². The molecular formula is C27H32ClF2N3O2. The summed E-state index contributed by atoms with van der Waals surface area (Å²) < 4.78 is 26.8. The normalized spacial score (nSPS) is 12.4. The van der Waals surface area contributed by atoms with Crippen molar-refractivity contribution in [3.05, 3.63) is 88.1 Å². The summed E-state index contributed by atoms with van der Waals surface area (Å²) in [5.74, 6) is 1.96. The van der Waals surface area contributed by atoms with Crippen LogP contribution < -0.4 is 11.2 Å². The molecule has 1 amide bonds. The quantitative estimate of drug-likeness (QED) is 0.159. The van der Waals surface area contributed by atoms with Gasteiger partial charge in [-0.15, -0.1) is 0 Å². The van der Waals surface area contributed by atoms with Gasteiger partial charge in [0.15, 0.2) is 0 Å². The molecule has 0 saturated carbocycles. The lowest BCUT2D eigenvalue weighted by atomic mass is 9.96. The number of benzene rings is 2. The molecule has 0 bridgehead atoms. The Morgan fingerprint density at radius 3 is 2.54 bits per heavy atom. The van der Waals surface area contributed by atoms with Crippen molar-refractivity contribution in [2.45, 2.75) is 52.4 Å². The first kappa shape index (κ1) is 28.2. The van der Waals surface area contributed by atoms with Crippen LogP contribution in [-0.4, -0.2) is 18.3 Å². The molecule has 0 atom stereocenters. The molecule has 0 aliphatic carbocycles. The Balaban J connectivity index is 2.00. The molecule has 3 N–H and O–H groups in total. The van der Waals surface area contributed by atoms with Gasteiger partial charge in [-0.1, -0.05) is 67.9 Å². The van der Waals surface area contributed by atoms with Crippen LogP contribution >= 0.6 is 11.6 Å². The van der Waals surface area contributed by atoms with Crippen molar-refractivity contribution in [1.29, 1.82) is 0 Å². The average molecular weight is 504 g/mol. The van der Waals surface area contributed by atoms with E-state index >= 15 is 0 Å². The highest BCUT2D eigenvalue weighted by Gasteiger charge is 2.23. The van der Waals surface area contributed by atoms with Crippen LogP contribution in [0.3, 0.4) is 0 Å². The Morgan fingerprint density at radius 2 is 1.94 bits per heavy atom. The number of hydrogen-bond donors (Lipinski definition) is 2. The van der Waals surface area contributed by atoms with E-state index in [1.54, 1.807) is 0 Å². The second kappa shape index (κ2) is 13.2. The number of aryl methyl sites for hydroxylation is 1. The minimum absolute atomic E-state index is 0.0410. The number of rotatable bonds is 11. The molecule has 2 aromatic carbocycles. The van der Waals surface area contributed by atoms with Crippen molar-refractivity contribution in [2.75, 3.05) is 6.54 Å². The monoisotopic (exact) mass is 503 g/mol. The Hall–Kier alpha value is -3.03. The topological polar surface area (TPSA) is 76.7 Å².